The van der Waals surface area contributed by atoms with Gasteiger partial charge in [-0.3, -0.25) is 0 Å². The average molecular weight is 430 g/mol. The van der Waals surface area contributed by atoms with Crippen LogP contribution in [0.25, 0.3) is 0 Å². The Morgan fingerprint density at radius 3 is 2.38 bits per heavy atom. The molecule has 1 aliphatic heterocycles. The Morgan fingerprint density at radius 2 is 1.86 bits per heavy atom. The first-order valence-electron chi connectivity index (χ1n) is 9.32. The molecule has 29 heavy (non-hydrogen) atoms. The predicted octanol–water partition coefficient (Wildman–Crippen LogP) is 3.13. The number of nitriles is 2. The number of anilines is 1. The molecule has 1 saturated heterocycles. The van der Waals surface area contributed by atoms with Crippen molar-refractivity contribution in [1.82, 2.24) is 4.98 Å². The number of thioether (sulfide) groups is 1. The Morgan fingerprint density at radius 1 is 1.21 bits per heavy atom. The SMILES string of the molecule is CCc1c(C#N)c(SCc2ccc(CN)cc2)nc(N2CCC(O)C2)c1C#N.Cl. The Bertz CT molecular complexity index is 936. The van der Waals surface area contributed by atoms with E-state index in [0.29, 0.717) is 60.2 Å². The first-order chi connectivity index (χ1) is 13.6. The van der Waals surface area contributed by atoms with Crippen LogP contribution < -0.4 is 10.6 Å². The van der Waals surface area contributed by atoms with Crippen LogP contribution in [0.1, 0.15) is 41.2 Å². The maximum Gasteiger partial charge on any atom is 0.148 e. The molecular formula is C21H24ClN5OS. The van der Waals surface area contributed by atoms with Gasteiger partial charge in [0.2, 0.25) is 0 Å². The lowest BCUT2D eigenvalue weighted by Crippen LogP contribution is -2.24. The molecule has 2 heterocycles. The van der Waals surface area contributed by atoms with E-state index in [1.165, 1.54) is 11.8 Å². The van der Waals surface area contributed by atoms with Gasteiger partial charge in [0, 0.05) is 25.4 Å². The van der Waals surface area contributed by atoms with Crippen LogP contribution in [0.4, 0.5) is 5.82 Å². The molecule has 6 nitrogen and oxygen atoms in total. The topological polar surface area (TPSA) is 110 Å². The highest BCUT2D eigenvalue weighted by Crippen LogP contribution is 2.34. The summed E-state index contributed by atoms with van der Waals surface area (Å²) < 4.78 is 0. The zero-order chi connectivity index (χ0) is 20.1. The summed E-state index contributed by atoms with van der Waals surface area (Å²) in [7, 11) is 0. The maximum atomic E-state index is 9.90. The minimum atomic E-state index is -0.411. The van der Waals surface area contributed by atoms with Crippen LogP contribution in [0, 0.1) is 22.7 Å². The van der Waals surface area contributed by atoms with Crippen molar-refractivity contribution in [3.8, 4) is 12.1 Å². The predicted molar refractivity (Wildman–Crippen MR) is 117 cm³/mol. The van der Waals surface area contributed by atoms with Crippen LogP contribution >= 0.6 is 24.2 Å². The number of pyridine rings is 1. The first-order valence-corrected chi connectivity index (χ1v) is 10.3. The fourth-order valence-electron chi connectivity index (χ4n) is 3.37. The van der Waals surface area contributed by atoms with Gasteiger partial charge in [-0.05, 0) is 29.5 Å². The van der Waals surface area contributed by atoms with Gasteiger partial charge in [0.15, 0.2) is 0 Å². The third kappa shape index (κ3) is 5.01. The van der Waals surface area contributed by atoms with Crippen LogP contribution in [0.5, 0.6) is 0 Å². The molecule has 1 aromatic heterocycles. The molecule has 0 radical (unpaired) electrons. The van der Waals surface area contributed by atoms with E-state index in [2.05, 4.69) is 12.1 Å². The average Bonchev–Trinajstić information content (AvgIpc) is 3.17. The summed E-state index contributed by atoms with van der Waals surface area (Å²) in [6, 6.07) is 12.6. The van der Waals surface area contributed by atoms with Crippen molar-refractivity contribution in [2.75, 3.05) is 18.0 Å². The number of benzene rings is 1. The normalized spacial score (nSPS) is 15.5. The molecule has 0 saturated carbocycles. The molecule has 1 aromatic carbocycles. The van der Waals surface area contributed by atoms with Gasteiger partial charge in [0.1, 0.15) is 23.0 Å². The number of β-amino-alcohol motifs (C(OH)–C–C–N with tert-alkyl or cyclic N) is 1. The van der Waals surface area contributed by atoms with Crippen molar-refractivity contribution in [3.63, 3.8) is 0 Å². The molecule has 0 spiro atoms. The standard InChI is InChI=1S/C21H23N5OS.ClH/c1-2-17-18(10-23)20(26-8-7-16(27)12-26)25-21(19(17)11-24)28-13-15-5-3-14(9-22)4-6-15;/h3-6,16,27H,2,7-9,12-13,22H2,1H3;1H. The van der Waals surface area contributed by atoms with Crippen molar-refractivity contribution in [2.45, 2.75) is 43.2 Å². The molecule has 0 aliphatic carbocycles. The third-order valence-electron chi connectivity index (χ3n) is 4.92. The minimum Gasteiger partial charge on any atom is -0.391 e. The summed E-state index contributed by atoms with van der Waals surface area (Å²) >= 11 is 1.50. The molecule has 1 atom stereocenters. The molecule has 1 fully saturated rings. The zero-order valence-electron chi connectivity index (χ0n) is 16.3. The lowest BCUT2D eigenvalue weighted by atomic mass is 10.0. The van der Waals surface area contributed by atoms with Crippen LogP contribution in [-0.4, -0.2) is 29.3 Å². The molecule has 0 bridgehead atoms. The lowest BCUT2D eigenvalue weighted by Gasteiger charge is -2.21. The molecule has 3 N–H and O–H groups in total. The Hall–Kier alpha value is -2.29. The van der Waals surface area contributed by atoms with Gasteiger partial charge >= 0.3 is 0 Å². The zero-order valence-corrected chi connectivity index (χ0v) is 17.9. The van der Waals surface area contributed by atoms with Crippen LogP contribution in [-0.2, 0) is 18.7 Å². The van der Waals surface area contributed by atoms with E-state index in [0.717, 1.165) is 16.7 Å². The van der Waals surface area contributed by atoms with Crippen molar-refractivity contribution in [2.24, 2.45) is 5.73 Å². The van der Waals surface area contributed by atoms with Crippen molar-refractivity contribution in [3.05, 3.63) is 52.1 Å². The number of halogens is 1. The second-order valence-corrected chi connectivity index (χ2v) is 7.71. The smallest absolute Gasteiger partial charge is 0.148 e. The number of hydrogen-bond acceptors (Lipinski definition) is 7. The van der Waals surface area contributed by atoms with Gasteiger partial charge in [-0.1, -0.05) is 31.2 Å². The quantitative estimate of drug-likeness (QED) is 0.678. The lowest BCUT2D eigenvalue weighted by molar-refractivity contribution is 0.198. The van der Waals surface area contributed by atoms with Gasteiger partial charge in [-0.15, -0.1) is 24.2 Å². The van der Waals surface area contributed by atoms with E-state index in [1.807, 2.05) is 36.1 Å². The van der Waals surface area contributed by atoms with E-state index in [4.69, 9.17) is 10.7 Å². The van der Waals surface area contributed by atoms with Gasteiger partial charge in [-0.2, -0.15) is 10.5 Å². The summed E-state index contributed by atoms with van der Waals surface area (Å²) in [6.45, 7) is 3.57. The van der Waals surface area contributed by atoms with E-state index in [9.17, 15) is 15.6 Å². The fraction of sp³-hybridized carbons (Fsp3) is 0.381. The molecule has 0 amide bonds. The number of nitrogens with zero attached hydrogens (tertiary/aromatic N) is 4. The van der Waals surface area contributed by atoms with Gasteiger partial charge in [-0.25, -0.2) is 4.98 Å². The molecule has 2 aromatic rings. The Labute approximate surface area is 181 Å². The van der Waals surface area contributed by atoms with Crippen molar-refractivity contribution < 1.29 is 5.11 Å². The Kier molecular flexibility index (Phi) is 8.31. The van der Waals surface area contributed by atoms with E-state index in [1.54, 1.807) is 0 Å². The first kappa shape index (κ1) is 23.0. The highest BCUT2D eigenvalue weighted by Gasteiger charge is 2.27. The van der Waals surface area contributed by atoms with Crippen molar-refractivity contribution >= 4 is 30.0 Å². The number of aromatic nitrogens is 1. The molecular weight excluding hydrogens is 406 g/mol. The van der Waals surface area contributed by atoms with Gasteiger partial charge < -0.3 is 15.7 Å². The molecule has 152 valence electrons. The van der Waals surface area contributed by atoms with E-state index >= 15 is 0 Å². The van der Waals surface area contributed by atoms with Gasteiger partial charge in [0.25, 0.3) is 0 Å². The number of aliphatic hydroxyl groups is 1. The number of aliphatic hydroxyl groups excluding tert-OH is 1. The Balaban J connectivity index is 0.00000300. The van der Waals surface area contributed by atoms with E-state index in [-0.39, 0.29) is 12.4 Å². The number of hydrogen-bond donors (Lipinski definition) is 2. The minimum absolute atomic E-state index is 0. The fourth-order valence-corrected chi connectivity index (χ4v) is 4.33. The van der Waals surface area contributed by atoms with Crippen LogP contribution in [0.15, 0.2) is 29.3 Å². The van der Waals surface area contributed by atoms with Crippen LogP contribution in [0.3, 0.4) is 0 Å². The maximum absolute atomic E-state index is 9.90. The molecule has 1 unspecified atom stereocenters. The highest BCUT2D eigenvalue weighted by molar-refractivity contribution is 7.98. The summed E-state index contributed by atoms with van der Waals surface area (Å²) in [5.74, 6) is 1.25. The van der Waals surface area contributed by atoms with Crippen molar-refractivity contribution in [1.29, 1.82) is 10.5 Å². The molecule has 8 heteroatoms. The summed E-state index contributed by atoms with van der Waals surface area (Å²) in [5, 5.41) is 30.0. The van der Waals surface area contributed by atoms with Gasteiger partial charge in [0.05, 0.1) is 17.2 Å². The summed E-state index contributed by atoms with van der Waals surface area (Å²) in [4.78, 5) is 6.65. The number of rotatable bonds is 6. The summed E-state index contributed by atoms with van der Waals surface area (Å²) in [5.41, 5.74) is 9.50. The molecule has 1 aliphatic rings. The third-order valence-corrected chi connectivity index (χ3v) is 5.97. The second-order valence-electron chi connectivity index (χ2n) is 6.74. The monoisotopic (exact) mass is 429 g/mol. The van der Waals surface area contributed by atoms with Crippen LogP contribution in [0.2, 0.25) is 0 Å². The van der Waals surface area contributed by atoms with E-state index < -0.39 is 6.10 Å². The second kappa shape index (κ2) is 10.5. The highest BCUT2D eigenvalue weighted by atomic mass is 35.5. The summed E-state index contributed by atoms with van der Waals surface area (Å²) in [6.07, 6.45) is 0.826. The largest absolute Gasteiger partial charge is 0.391 e. The molecule has 3 rings (SSSR count). The number of nitrogens with two attached hydrogens (primary N) is 1.